The van der Waals surface area contributed by atoms with Crippen LogP contribution in [-0.2, 0) is 4.79 Å². The van der Waals surface area contributed by atoms with Crippen LogP contribution in [0.15, 0.2) is 17.5 Å². The molecule has 1 aromatic rings. The van der Waals surface area contributed by atoms with Gasteiger partial charge in [-0.2, -0.15) is 0 Å². The number of thiophene rings is 1. The van der Waals surface area contributed by atoms with Crippen LogP contribution >= 0.6 is 11.3 Å². The molecule has 1 heterocycles. The number of hydrogen-bond donors (Lipinski definition) is 2. The maximum atomic E-state index is 11.9. The van der Waals surface area contributed by atoms with Crippen molar-refractivity contribution < 1.29 is 14.7 Å². The molecule has 2 amide bonds. The fraction of sp³-hybridized carbons (Fsp3) is 0.571. The summed E-state index contributed by atoms with van der Waals surface area (Å²) in [5.41, 5.74) is 0. The zero-order chi connectivity index (χ0) is 14.5. The Labute approximate surface area is 122 Å². The number of carbonyl (C=O) groups is 2. The van der Waals surface area contributed by atoms with Gasteiger partial charge in [0.15, 0.2) is 0 Å². The SMILES string of the molecule is CN(CC1CCCC1O)C(=O)CNC(=O)c1cccs1. The van der Waals surface area contributed by atoms with Crippen molar-refractivity contribution in [3.05, 3.63) is 22.4 Å². The highest BCUT2D eigenvalue weighted by Crippen LogP contribution is 2.25. The molecule has 2 rings (SSSR count). The van der Waals surface area contributed by atoms with Crippen LogP contribution in [-0.4, -0.2) is 48.1 Å². The van der Waals surface area contributed by atoms with Gasteiger partial charge in [-0.15, -0.1) is 11.3 Å². The van der Waals surface area contributed by atoms with Gasteiger partial charge in [-0.3, -0.25) is 9.59 Å². The molecule has 0 bridgehead atoms. The number of nitrogens with one attached hydrogen (secondary N) is 1. The molecule has 2 unspecified atom stereocenters. The van der Waals surface area contributed by atoms with Gasteiger partial charge in [0.2, 0.25) is 5.91 Å². The monoisotopic (exact) mass is 296 g/mol. The highest BCUT2D eigenvalue weighted by Gasteiger charge is 2.27. The van der Waals surface area contributed by atoms with Gasteiger partial charge < -0.3 is 15.3 Å². The van der Waals surface area contributed by atoms with Crippen LogP contribution in [0.4, 0.5) is 0 Å². The molecule has 1 aliphatic rings. The average molecular weight is 296 g/mol. The van der Waals surface area contributed by atoms with Crippen molar-refractivity contribution in [2.24, 2.45) is 5.92 Å². The van der Waals surface area contributed by atoms with E-state index in [1.807, 2.05) is 5.38 Å². The molecule has 2 atom stereocenters. The minimum atomic E-state index is -0.300. The summed E-state index contributed by atoms with van der Waals surface area (Å²) < 4.78 is 0. The summed E-state index contributed by atoms with van der Waals surface area (Å²) in [6.45, 7) is 0.547. The van der Waals surface area contributed by atoms with Crippen molar-refractivity contribution in [2.75, 3.05) is 20.1 Å². The summed E-state index contributed by atoms with van der Waals surface area (Å²) in [4.78, 5) is 25.9. The first kappa shape index (κ1) is 15.0. The molecule has 1 saturated carbocycles. The molecule has 0 aromatic carbocycles. The fourth-order valence-corrected chi connectivity index (χ4v) is 3.11. The molecule has 0 spiro atoms. The van der Waals surface area contributed by atoms with Crippen LogP contribution in [0.3, 0.4) is 0 Å². The van der Waals surface area contributed by atoms with E-state index in [4.69, 9.17) is 0 Å². The second-order valence-electron chi connectivity index (χ2n) is 5.19. The zero-order valence-electron chi connectivity index (χ0n) is 11.5. The second kappa shape index (κ2) is 6.85. The summed E-state index contributed by atoms with van der Waals surface area (Å²) in [7, 11) is 1.71. The van der Waals surface area contributed by atoms with Crippen molar-refractivity contribution in [3.63, 3.8) is 0 Å². The van der Waals surface area contributed by atoms with E-state index in [9.17, 15) is 14.7 Å². The topological polar surface area (TPSA) is 69.6 Å². The Kier molecular flexibility index (Phi) is 5.14. The van der Waals surface area contributed by atoms with Crippen LogP contribution in [0.25, 0.3) is 0 Å². The predicted octanol–water partition coefficient (Wildman–Crippen LogP) is 1.10. The number of aliphatic hydroxyl groups is 1. The number of aliphatic hydroxyl groups excluding tert-OH is 1. The summed E-state index contributed by atoms with van der Waals surface area (Å²) in [5, 5.41) is 14.2. The van der Waals surface area contributed by atoms with Gasteiger partial charge in [-0.1, -0.05) is 12.5 Å². The lowest BCUT2D eigenvalue weighted by molar-refractivity contribution is -0.129. The quantitative estimate of drug-likeness (QED) is 0.855. The van der Waals surface area contributed by atoms with Gasteiger partial charge in [0.05, 0.1) is 17.5 Å². The third-order valence-electron chi connectivity index (χ3n) is 3.70. The second-order valence-corrected chi connectivity index (χ2v) is 6.14. The van der Waals surface area contributed by atoms with E-state index in [-0.39, 0.29) is 30.4 Å². The number of hydrogen-bond acceptors (Lipinski definition) is 4. The first-order chi connectivity index (χ1) is 9.58. The summed E-state index contributed by atoms with van der Waals surface area (Å²) in [5.74, 6) is -0.186. The Morgan fingerprint density at radius 2 is 2.30 bits per heavy atom. The highest BCUT2D eigenvalue weighted by atomic mass is 32.1. The van der Waals surface area contributed by atoms with Crippen LogP contribution < -0.4 is 5.32 Å². The third-order valence-corrected chi connectivity index (χ3v) is 4.57. The average Bonchev–Trinajstić information content (AvgIpc) is 3.08. The molecule has 1 aromatic heterocycles. The minimum Gasteiger partial charge on any atom is -0.393 e. The van der Waals surface area contributed by atoms with Gasteiger partial charge in [-0.05, 0) is 24.3 Å². The normalized spacial score (nSPS) is 21.7. The van der Waals surface area contributed by atoms with Crippen LogP contribution in [0.5, 0.6) is 0 Å². The molecule has 1 aliphatic carbocycles. The van der Waals surface area contributed by atoms with E-state index in [0.29, 0.717) is 11.4 Å². The standard InChI is InChI=1S/C14H20N2O3S/c1-16(9-10-4-2-5-11(10)17)13(18)8-15-14(19)12-6-3-7-20-12/h3,6-7,10-11,17H,2,4-5,8-9H2,1H3,(H,15,19). The number of nitrogens with zero attached hydrogens (tertiary/aromatic N) is 1. The first-order valence-electron chi connectivity index (χ1n) is 6.81. The van der Waals surface area contributed by atoms with Crippen molar-refractivity contribution in [1.29, 1.82) is 0 Å². The minimum absolute atomic E-state index is 0.00392. The van der Waals surface area contributed by atoms with Gasteiger partial charge in [-0.25, -0.2) is 0 Å². The number of rotatable bonds is 5. The molecule has 110 valence electrons. The lowest BCUT2D eigenvalue weighted by Gasteiger charge is -2.23. The largest absolute Gasteiger partial charge is 0.393 e. The molecule has 2 N–H and O–H groups in total. The molecule has 1 fully saturated rings. The Hall–Kier alpha value is -1.40. The van der Waals surface area contributed by atoms with E-state index < -0.39 is 0 Å². The molecule has 6 heteroatoms. The Morgan fingerprint density at radius 1 is 1.50 bits per heavy atom. The maximum Gasteiger partial charge on any atom is 0.261 e. The molecule has 20 heavy (non-hydrogen) atoms. The summed E-state index contributed by atoms with van der Waals surface area (Å²) >= 11 is 1.35. The fourth-order valence-electron chi connectivity index (χ4n) is 2.47. The number of amides is 2. The van der Waals surface area contributed by atoms with Crippen LogP contribution in [0, 0.1) is 5.92 Å². The Bertz CT molecular complexity index is 461. The van der Waals surface area contributed by atoms with E-state index in [1.54, 1.807) is 24.1 Å². The highest BCUT2D eigenvalue weighted by molar-refractivity contribution is 7.12. The van der Waals surface area contributed by atoms with Gasteiger partial charge in [0, 0.05) is 19.5 Å². The number of carbonyl (C=O) groups excluding carboxylic acids is 2. The maximum absolute atomic E-state index is 11.9. The van der Waals surface area contributed by atoms with E-state index in [0.717, 1.165) is 19.3 Å². The molecule has 0 radical (unpaired) electrons. The van der Waals surface area contributed by atoms with Crippen molar-refractivity contribution in [3.8, 4) is 0 Å². The Morgan fingerprint density at radius 3 is 2.90 bits per heavy atom. The summed E-state index contributed by atoms with van der Waals surface area (Å²) in [6.07, 6.45) is 2.50. The summed E-state index contributed by atoms with van der Waals surface area (Å²) in [6, 6.07) is 3.53. The zero-order valence-corrected chi connectivity index (χ0v) is 12.4. The van der Waals surface area contributed by atoms with E-state index in [1.165, 1.54) is 11.3 Å². The first-order valence-corrected chi connectivity index (χ1v) is 7.69. The lowest BCUT2D eigenvalue weighted by Crippen LogP contribution is -2.41. The Balaban J connectivity index is 1.75. The molecule has 0 aliphatic heterocycles. The van der Waals surface area contributed by atoms with E-state index in [2.05, 4.69) is 5.32 Å². The van der Waals surface area contributed by atoms with E-state index >= 15 is 0 Å². The van der Waals surface area contributed by atoms with Crippen LogP contribution in [0.2, 0.25) is 0 Å². The van der Waals surface area contributed by atoms with Crippen molar-refractivity contribution in [2.45, 2.75) is 25.4 Å². The third kappa shape index (κ3) is 3.80. The predicted molar refractivity (Wildman–Crippen MR) is 77.6 cm³/mol. The van der Waals surface area contributed by atoms with Crippen molar-refractivity contribution in [1.82, 2.24) is 10.2 Å². The van der Waals surface area contributed by atoms with Gasteiger partial charge in [0.1, 0.15) is 0 Å². The van der Waals surface area contributed by atoms with Crippen molar-refractivity contribution >= 4 is 23.2 Å². The molecule has 0 saturated heterocycles. The van der Waals surface area contributed by atoms with Gasteiger partial charge in [0.25, 0.3) is 5.91 Å². The molecular formula is C14H20N2O3S. The number of likely N-dealkylation sites (N-methyl/N-ethyl adjacent to an activating group) is 1. The van der Waals surface area contributed by atoms with Crippen LogP contribution in [0.1, 0.15) is 28.9 Å². The smallest absolute Gasteiger partial charge is 0.261 e. The van der Waals surface area contributed by atoms with Gasteiger partial charge >= 0.3 is 0 Å². The molecule has 5 nitrogen and oxygen atoms in total. The lowest BCUT2D eigenvalue weighted by atomic mass is 10.1. The molecular weight excluding hydrogens is 276 g/mol.